The Labute approximate surface area is 911 Å². The summed E-state index contributed by atoms with van der Waals surface area (Å²) in [5.74, 6) is 0. The Hall–Kier alpha value is -18.7. The average Bonchev–Trinajstić information content (AvgIpc) is 0.676. The van der Waals surface area contributed by atoms with Gasteiger partial charge in [0.15, 0.2) is 0 Å². The van der Waals surface area contributed by atoms with E-state index in [-0.39, 0.29) is 133 Å². The lowest BCUT2D eigenvalue weighted by atomic mass is 9.84. The van der Waals surface area contributed by atoms with Gasteiger partial charge in [0.1, 0.15) is 0 Å². The van der Waals surface area contributed by atoms with E-state index in [1.54, 1.807) is 54.6 Å². The van der Waals surface area contributed by atoms with Gasteiger partial charge in [0.25, 0.3) is 0 Å². The quantitative estimate of drug-likeness (QED) is 0.113. The topological polar surface area (TPSA) is 0 Å². The van der Waals surface area contributed by atoms with E-state index in [0.29, 0.717) is 49.9 Å². The highest BCUT2D eigenvalue weighted by Gasteiger charge is 2.26. The maximum atomic E-state index is 10.2. The second kappa shape index (κ2) is 32.4. The minimum Gasteiger partial charge on any atom is -0.0622 e. The summed E-state index contributed by atoms with van der Waals surface area (Å²) in [4.78, 5) is 0. The first kappa shape index (κ1) is 43.3. The predicted octanol–water partition coefficient (Wildman–Crippen LogP) is 40.8. The van der Waals surface area contributed by atoms with Crippen LogP contribution in [0.1, 0.15) is 78.1 Å². The Morgan fingerprint density at radius 1 is 0.104 bits per heavy atom. The standard InChI is InChI=1S/2C50H30.C44H26/c2*1-2-8-31(9-3-1)46-30-38(39-25-20-36-18-16-32-10-6-12-34-22-28-44(39)49(36)47(32)34)24-27-43(46)41-15-5-4-14-40(41)42-26-21-37-19-17-33-11-7-13-35-23-29-45(42)50(37)48(33)35;1-2-10-37(38-24-20-34-18-16-30-6-4-8-32-22-26-40(38)44(34)42(30)32)35(9-1)27-11-13-28(14-12-27)36-23-19-33-17-15-29-5-3-7-31-21-25-39(36)43(33)41(29)31/h2*1-30H;1-26H/i1D,2D,3D,4D,5D,6D,7D,8D,9D,10D,11D,12D,13D,14D,15D,16D,17D,18D,19D,20D,21D,22D,23D,24D,25D,26D,27D,28D,29D,30D;6D,7D,10D,11D,12D,13D,16D,17D,18D,19D,20D,21D,22D,23D,25D,26D,28D,29D;1D,2D,9D,10D,11D,12D,13D,14D,25D. The van der Waals surface area contributed by atoms with E-state index < -0.39 is 419 Å². The summed E-state index contributed by atoms with van der Waals surface area (Å²) >= 11 is 0. The van der Waals surface area contributed by atoms with E-state index in [0.717, 1.165) is 59.2 Å². The molecule has 0 fully saturated rings. The molecule has 0 aliphatic heterocycles. The third-order valence-corrected chi connectivity index (χ3v) is 27.2. The molecule has 0 amide bonds. The molecule has 0 unspecified atom stereocenters. The smallest absolute Gasteiger partial charge is 0.0622 e. The lowest BCUT2D eigenvalue weighted by molar-refractivity contribution is 1.57. The van der Waals surface area contributed by atoms with Crippen LogP contribution in [0.25, 0.3) is 316 Å². The van der Waals surface area contributed by atoms with E-state index in [1.165, 1.54) is 0 Å². The lowest BCUT2D eigenvalue weighted by Gasteiger charge is -2.19. The van der Waals surface area contributed by atoms with Crippen LogP contribution in [0.5, 0.6) is 0 Å². The van der Waals surface area contributed by atoms with Crippen LogP contribution >= 0.6 is 0 Å². The first-order valence-electron chi connectivity index (χ1n) is 74.1. The average molecular weight is 1870 g/mol. The summed E-state index contributed by atoms with van der Waals surface area (Å²) in [7, 11) is 0. The van der Waals surface area contributed by atoms with E-state index in [2.05, 4.69) is 6.07 Å². The van der Waals surface area contributed by atoms with Crippen molar-refractivity contribution in [1.29, 1.82) is 0 Å². The minimum atomic E-state index is -1.23. The fourth-order valence-corrected chi connectivity index (χ4v) is 20.8. The predicted molar refractivity (Wildman–Crippen MR) is 621 cm³/mol. The summed E-state index contributed by atoms with van der Waals surface area (Å²) in [5, 5.41) is 4.30. The maximum absolute atomic E-state index is 10.2. The van der Waals surface area contributed by atoms with E-state index in [1.807, 2.05) is 115 Å². The summed E-state index contributed by atoms with van der Waals surface area (Å²) in [6.45, 7) is 0. The van der Waals surface area contributed by atoms with Crippen molar-refractivity contribution in [1.82, 2.24) is 0 Å². The van der Waals surface area contributed by atoms with Crippen LogP contribution < -0.4 is 0 Å². The van der Waals surface area contributed by atoms with Crippen LogP contribution in [0, 0.1) is 0 Å². The second-order valence-corrected chi connectivity index (χ2v) is 34.8. The first-order chi connectivity index (χ1) is 95.2. The maximum Gasteiger partial charge on any atom is 0.0636 e. The highest BCUT2D eigenvalue weighted by Crippen LogP contribution is 2.53. The second-order valence-electron chi connectivity index (χ2n) is 34.8. The molecule has 0 aromatic heterocycles. The molecule has 32 rings (SSSR count). The van der Waals surface area contributed by atoms with Gasteiger partial charge in [0.2, 0.25) is 0 Å². The van der Waals surface area contributed by atoms with Crippen molar-refractivity contribution in [2.75, 3.05) is 0 Å². The van der Waals surface area contributed by atoms with Gasteiger partial charge in [-0.1, -0.05) is 508 Å². The van der Waals surface area contributed by atoms with Crippen molar-refractivity contribution in [3.8, 4) is 122 Å². The zero-order valence-electron chi connectivity index (χ0n) is 131. The van der Waals surface area contributed by atoms with Gasteiger partial charge in [0, 0.05) is 0 Å². The molecule has 662 valence electrons. The Balaban J connectivity index is 0.000000130. The SMILES string of the molecule is [2H]c1c([2H])c([2H])c(-c2c([2H])c(-c3c([2H])c([2H])c4c([2H])c([2H])c5c([2H])c([2H])c([2H])c6c([2H])c([2H])c3c4c56)c([2H])c([2H])c2-c2c([2H])c([2H])c([2H])c([2H])c2-c2c([2H])c([2H])c3c([2H])c([2H])c4c([2H])c([2H])c([2H])c5c([2H])c([2H])c2c3c45)c([2H])c1[2H].[2H]c1c([2H])c([2H])c(-c2ccc3ccc4cccc5ccc2c3c45)c(-c2c([2H])c([2H])c(-c3ccc4ccc5cccc6cc([2H])c3c4c56)c([2H])c2[2H])c1[2H].[2H]c1c([2H])c2c([2H])c([2H])c3c([2H])c([2H])c(-c4ccc(-c5ccccc5-c5c([2H])c([2H])c6c([2H])c([2H])c7c([2H])c([2H])c([2H])c8c([2H])c([2H])c5c6c78)c(-c5ccccc5)c4)c4c([2H])c([2H])c(c1[2H])c2c34. The fraction of sp³-hybridized carbons (Fsp3) is 0. The zero-order chi connectivity index (χ0) is 144. The molecule has 0 aliphatic carbocycles. The molecule has 0 saturated carbocycles. The number of hydrogen-bond acceptors (Lipinski definition) is 0. The summed E-state index contributed by atoms with van der Waals surface area (Å²) in [6.07, 6.45) is 0. The lowest BCUT2D eigenvalue weighted by Crippen LogP contribution is -1.93. The molecule has 32 aromatic rings. The van der Waals surface area contributed by atoms with Gasteiger partial charge in [-0.25, -0.2) is 0 Å². The molecule has 0 bridgehead atoms. The third-order valence-electron chi connectivity index (χ3n) is 27.2. The molecule has 0 spiro atoms. The highest BCUT2D eigenvalue weighted by atomic mass is 14.3. The van der Waals surface area contributed by atoms with Gasteiger partial charge in [-0.15, -0.1) is 0 Å². The highest BCUT2D eigenvalue weighted by molar-refractivity contribution is 6.33. The summed E-state index contributed by atoms with van der Waals surface area (Å²) in [5.41, 5.74) is -3.75. The van der Waals surface area contributed by atoms with Gasteiger partial charge in [-0.05, 0) is 328 Å². The summed E-state index contributed by atoms with van der Waals surface area (Å²) < 4.78 is 520. The van der Waals surface area contributed by atoms with Crippen LogP contribution in [0.2, 0.25) is 0 Å². The molecule has 0 aliphatic rings. The monoisotopic (exact) mass is 1870 g/mol. The zero-order valence-corrected chi connectivity index (χ0v) is 74.2. The molecule has 0 radical (unpaired) electrons. The van der Waals surface area contributed by atoms with Gasteiger partial charge < -0.3 is 0 Å². The molecule has 32 aromatic carbocycles. The van der Waals surface area contributed by atoms with Crippen molar-refractivity contribution >= 4 is 194 Å². The molecular formula is C144H86. The van der Waals surface area contributed by atoms with Gasteiger partial charge in [0.05, 0.1) is 78.1 Å². The molecule has 0 saturated heterocycles. The largest absolute Gasteiger partial charge is 0.0636 e. The van der Waals surface area contributed by atoms with Gasteiger partial charge in [-0.2, -0.15) is 0 Å². The van der Waals surface area contributed by atoms with Crippen LogP contribution in [-0.4, -0.2) is 0 Å². The minimum absolute atomic E-state index is 0.000792. The van der Waals surface area contributed by atoms with Crippen LogP contribution in [0.4, 0.5) is 0 Å². The Morgan fingerprint density at radius 3 is 0.903 bits per heavy atom. The Morgan fingerprint density at radius 2 is 0.403 bits per heavy atom. The van der Waals surface area contributed by atoms with Gasteiger partial charge >= 0.3 is 0 Å². The van der Waals surface area contributed by atoms with Crippen molar-refractivity contribution in [3.63, 3.8) is 0 Å². The van der Waals surface area contributed by atoms with E-state index in [4.69, 9.17) is 39.8 Å². The Kier molecular flexibility index (Phi) is 9.77. The normalized spacial score (nSPS) is 17.6. The van der Waals surface area contributed by atoms with Crippen molar-refractivity contribution in [2.45, 2.75) is 0 Å². The Bertz CT molecular complexity index is 14400. The molecule has 0 heterocycles. The number of hydrogen-bond donors (Lipinski definition) is 0. The van der Waals surface area contributed by atoms with Crippen LogP contribution in [-0.2, 0) is 0 Å². The van der Waals surface area contributed by atoms with Crippen molar-refractivity contribution in [3.05, 3.63) is 520 Å². The molecule has 0 nitrogen and oxygen atoms in total. The van der Waals surface area contributed by atoms with Gasteiger partial charge in [-0.3, -0.25) is 0 Å². The molecular weight excluding hydrogens is 1730 g/mol. The van der Waals surface area contributed by atoms with E-state index in [9.17, 15) is 38.4 Å². The third kappa shape index (κ3) is 12.7. The molecule has 0 N–H and O–H groups in total. The van der Waals surface area contributed by atoms with Crippen molar-refractivity contribution in [2.24, 2.45) is 0 Å². The molecule has 144 heavy (non-hydrogen) atoms. The number of rotatable bonds is 11. The van der Waals surface area contributed by atoms with E-state index >= 15 is 0 Å². The number of benzene rings is 32. The summed E-state index contributed by atoms with van der Waals surface area (Å²) in [6, 6.07) is 13.9. The first-order valence-corrected chi connectivity index (χ1v) is 45.6. The molecule has 0 atom stereocenters. The van der Waals surface area contributed by atoms with Crippen LogP contribution in [0.3, 0.4) is 0 Å². The fourth-order valence-electron chi connectivity index (χ4n) is 20.8. The van der Waals surface area contributed by atoms with Crippen molar-refractivity contribution < 1.29 is 78.1 Å². The molecule has 0 heteroatoms. The van der Waals surface area contributed by atoms with Crippen LogP contribution in [0.15, 0.2) is 520 Å².